The zero-order valence-corrected chi connectivity index (χ0v) is 10.3. The molecular weight excluding hydrogens is 232 g/mol. The molecule has 86 valence electrons. The van der Waals surface area contributed by atoms with Gasteiger partial charge in [-0.3, -0.25) is 4.90 Å². The average Bonchev–Trinajstić information content (AvgIpc) is 2.72. The first-order valence-corrected chi connectivity index (χ1v) is 5.90. The van der Waals surface area contributed by atoms with Gasteiger partial charge in [0.25, 0.3) is 0 Å². The van der Waals surface area contributed by atoms with Crippen molar-refractivity contribution < 1.29 is 0 Å². The first-order chi connectivity index (χ1) is 6.88. The van der Waals surface area contributed by atoms with Crippen LogP contribution in [0.5, 0.6) is 0 Å². The molecule has 1 aromatic rings. The van der Waals surface area contributed by atoms with Gasteiger partial charge >= 0.3 is 0 Å². The van der Waals surface area contributed by atoms with Crippen molar-refractivity contribution in [2.75, 3.05) is 19.6 Å². The van der Waals surface area contributed by atoms with E-state index in [1.807, 2.05) is 5.38 Å². The van der Waals surface area contributed by atoms with Crippen molar-refractivity contribution in [3.05, 3.63) is 11.1 Å². The van der Waals surface area contributed by atoms with Crippen LogP contribution in [-0.4, -0.2) is 34.1 Å². The smallest absolute Gasteiger partial charge is 0.0895 e. The highest BCUT2D eigenvalue weighted by Gasteiger charge is 2.18. The van der Waals surface area contributed by atoms with E-state index < -0.39 is 0 Å². The highest BCUT2D eigenvalue weighted by molar-refractivity contribution is 7.03. The molecule has 2 rings (SSSR count). The number of halogens is 1. The summed E-state index contributed by atoms with van der Waals surface area (Å²) in [7, 11) is 0. The zero-order chi connectivity index (χ0) is 9.80. The van der Waals surface area contributed by atoms with Crippen molar-refractivity contribution in [2.24, 2.45) is 11.7 Å². The molecule has 1 fully saturated rings. The van der Waals surface area contributed by atoms with Gasteiger partial charge in [-0.1, -0.05) is 4.49 Å². The number of piperidine rings is 1. The Balaban J connectivity index is 0.00000112. The van der Waals surface area contributed by atoms with Gasteiger partial charge in [0.1, 0.15) is 0 Å². The molecule has 2 heterocycles. The molecule has 4 nitrogen and oxygen atoms in total. The topological polar surface area (TPSA) is 55.0 Å². The molecule has 0 aromatic carbocycles. The SMILES string of the molecule is Cl.NCC1CCN(Cc2csnn2)CC1. The summed E-state index contributed by atoms with van der Waals surface area (Å²) in [6.07, 6.45) is 2.46. The fourth-order valence-corrected chi connectivity index (χ4v) is 2.30. The third-order valence-corrected chi connectivity index (χ3v) is 3.38. The molecular formula is C9H17ClN4S. The summed E-state index contributed by atoms with van der Waals surface area (Å²) in [4.78, 5) is 2.43. The van der Waals surface area contributed by atoms with E-state index in [9.17, 15) is 0 Å². The van der Waals surface area contributed by atoms with E-state index in [4.69, 9.17) is 5.73 Å². The van der Waals surface area contributed by atoms with Crippen LogP contribution in [0.15, 0.2) is 5.38 Å². The summed E-state index contributed by atoms with van der Waals surface area (Å²) in [5.74, 6) is 0.736. The van der Waals surface area contributed by atoms with Crippen LogP contribution in [0.4, 0.5) is 0 Å². The predicted octanol–water partition coefficient (Wildman–Crippen LogP) is 1.13. The van der Waals surface area contributed by atoms with E-state index in [0.29, 0.717) is 0 Å². The molecule has 6 heteroatoms. The Hall–Kier alpha value is -0.230. The molecule has 0 amide bonds. The van der Waals surface area contributed by atoms with E-state index in [2.05, 4.69) is 14.5 Å². The van der Waals surface area contributed by atoms with Crippen LogP contribution < -0.4 is 5.73 Å². The van der Waals surface area contributed by atoms with Gasteiger partial charge in [-0.2, -0.15) is 0 Å². The number of nitrogens with two attached hydrogens (primary N) is 1. The van der Waals surface area contributed by atoms with Crippen LogP contribution in [-0.2, 0) is 6.54 Å². The number of hydrogen-bond acceptors (Lipinski definition) is 5. The Labute approximate surface area is 100 Å². The van der Waals surface area contributed by atoms with Gasteiger partial charge in [0.2, 0.25) is 0 Å². The minimum Gasteiger partial charge on any atom is -0.330 e. The van der Waals surface area contributed by atoms with E-state index in [1.54, 1.807) is 0 Å². The van der Waals surface area contributed by atoms with Crippen LogP contribution in [0.1, 0.15) is 18.5 Å². The lowest BCUT2D eigenvalue weighted by molar-refractivity contribution is 0.178. The molecule has 1 aliphatic rings. The molecule has 1 saturated heterocycles. The van der Waals surface area contributed by atoms with Gasteiger partial charge in [-0.25, -0.2) is 0 Å². The molecule has 0 unspecified atom stereocenters. The number of rotatable bonds is 3. The van der Waals surface area contributed by atoms with Crippen molar-refractivity contribution in [1.82, 2.24) is 14.5 Å². The molecule has 1 aliphatic heterocycles. The first-order valence-electron chi connectivity index (χ1n) is 5.07. The van der Waals surface area contributed by atoms with E-state index in [1.165, 1.54) is 24.4 Å². The predicted molar refractivity (Wildman–Crippen MR) is 64.2 cm³/mol. The van der Waals surface area contributed by atoms with Gasteiger partial charge in [0.05, 0.1) is 5.69 Å². The molecule has 0 spiro atoms. The summed E-state index contributed by atoms with van der Waals surface area (Å²) in [5.41, 5.74) is 6.74. The van der Waals surface area contributed by atoms with Crippen molar-refractivity contribution in [1.29, 1.82) is 0 Å². The monoisotopic (exact) mass is 248 g/mol. The Bertz CT molecular complexity index is 259. The van der Waals surface area contributed by atoms with Crippen LogP contribution in [0, 0.1) is 5.92 Å². The number of nitrogens with zero attached hydrogens (tertiary/aromatic N) is 3. The summed E-state index contributed by atoms with van der Waals surface area (Å²) >= 11 is 1.43. The summed E-state index contributed by atoms with van der Waals surface area (Å²) < 4.78 is 3.86. The van der Waals surface area contributed by atoms with Gasteiger partial charge in [-0.05, 0) is 49.9 Å². The Morgan fingerprint density at radius 1 is 1.47 bits per heavy atom. The largest absolute Gasteiger partial charge is 0.330 e. The molecule has 15 heavy (non-hydrogen) atoms. The molecule has 0 saturated carbocycles. The highest BCUT2D eigenvalue weighted by atomic mass is 35.5. The Kier molecular flexibility index (Phi) is 5.45. The zero-order valence-electron chi connectivity index (χ0n) is 8.63. The van der Waals surface area contributed by atoms with E-state index in [-0.39, 0.29) is 12.4 Å². The van der Waals surface area contributed by atoms with Crippen molar-refractivity contribution in [2.45, 2.75) is 19.4 Å². The molecule has 0 aliphatic carbocycles. The number of hydrogen-bond donors (Lipinski definition) is 1. The van der Waals surface area contributed by atoms with Gasteiger partial charge < -0.3 is 5.73 Å². The maximum atomic E-state index is 5.65. The first kappa shape index (κ1) is 12.8. The van der Waals surface area contributed by atoms with Crippen molar-refractivity contribution >= 4 is 23.9 Å². The lowest BCUT2D eigenvalue weighted by Gasteiger charge is -2.30. The number of likely N-dealkylation sites (tertiary alicyclic amines) is 1. The Morgan fingerprint density at radius 2 is 2.20 bits per heavy atom. The summed E-state index contributed by atoms with van der Waals surface area (Å²) in [6.45, 7) is 4.10. The van der Waals surface area contributed by atoms with Gasteiger partial charge in [0, 0.05) is 11.9 Å². The maximum Gasteiger partial charge on any atom is 0.0895 e. The molecule has 1 aromatic heterocycles. The van der Waals surface area contributed by atoms with E-state index >= 15 is 0 Å². The van der Waals surface area contributed by atoms with Crippen LogP contribution in [0.25, 0.3) is 0 Å². The second-order valence-electron chi connectivity index (χ2n) is 3.85. The average molecular weight is 249 g/mol. The quantitative estimate of drug-likeness (QED) is 0.872. The summed E-state index contributed by atoms with van der Waals surface area (Å²) in [5, 5.41) is 6.07. The molecule has 0 radical (unpaired) electrons. The molecule has 0 atom stereocenters. The molecule has 2 N–H and O–H groups in total. The lowest BCUT2D eigenvalue weighted by atomic mass is 9.97. The standard InChI is InChI=1S/C9H16N4S.ClH/c10-5-8-1-3-13(4-2-8)6-9-7-14-12-11-9;/h7-8H,1-6,10H2;1H. The second-order valence-corrected chi connectivity index (χ2v) is 4.46. The number of aromatic nitrogens is 2. The third-order valence-electron chi connectivity index (χ3n) is 2.83. The third kappa shape index (κ3) is 3.68. The van der Waals surface area contributed by atoms with Crippen molar-refractivity contribution in [3.8, 4) is 0 Å². The second kappa shape index (κ2) is 6.37. The highest BCUT2D eigenvalue weighted by Crippen LogP contribution is 2.17. The summed E-state index contributed by atoms with van der Waals surface area (Å²) in [6, 6.07) is 0. The van der Waals surface area contributed by atoms with Gasteiger partial charge in [0.15, 0.2) is 0 Å². The molecule has 0 bridgehead atoms. The minimum absolute atomic E-state index is 0. The minimum atomic E-state index is 0. The van der Waals surface area contributed by atoms with Crippen molar-refractivity contribution in [3.63, 3.8) is 0 Å². The maximum absolute atomic E-state index is 5.65. The fourth-order valence-electron chi connectivity index (χ4n) is 1.86. The Morgan fingerprint density at radius 3 is 2.73 bits per heavy atom. The normalized spacial score (nSPS) is 18.7. The van der Waals surface area contributed by atoms with Crippen LogP contribution in [0.3, 0.4) is 0 Å². The van der Waals surface area contributed by atoms with E-state index in [0.717, 1.165) is 37.8 Å². The lowest BCUT2D eigenvalue weighted by Crippen LogP contribution is -2.35. The van der Waals surface area contributed by atoms with Crippen LogP contribution >= 0.6 is 23.9 Å². The van der Waals surface area contributed by atoms with Crippen LogP contribution in [0.2, 0.25) is 0 Å². The fraction of sp³-hybridized carbons (Fsp3) is 0.778. The van der Waals surface area contributed by atoms with Gasteiger partial charge in [-0.15, -0.1) is 17.5 Å².